The van der Waals surface area contributed by atoms with Crippen LogP contribution in [-0.2, 0) is 6.61 Å². The minimum atomic E-state index is -0.399. The van der Waals surface area contributed by atoms with Crippen molar-refractivity contribution in [1.29, 1.82) is 0 Å². The van der Waals surface area contributed by atoms with Crippen molar-refractivity contribution >= 4 is 11.5 Å². The van der Waals surface area contributed by atoms with Crippen molar-refractivity contribution in [3.63, 3.8) is 0 Å². The molecule has 0 aliphatic rings. The van der Waals surface area contributed by atoms with Crippen molar-refractivity contribution in [2.45, 2.75) is 6.61 Å². The molecule has 0 aliphatic heterocycles. The molecule has 2 aromatic carbocycles. The van der Waals surface area contributed by atoms with Crippen LogP contribution in [0, 0.1) is 0 Å². The van der Waals surface area contributed by atoms with E-state index in [1.54, 1.807) is 0 Å². The molecule has 0 N–H and O–H groups in total. The smallest absolute Gasteiger partial charge is 0.414 e. The quantitative estimate of drug-likeness (QED) is 0.737. The van der Waals surface area contributed by atoms with E-state index < -0.39 is 4.94 Å². The number of rotatable bonds is 4. The topological polar surface area (TPSA) is 52.3 Å². The first-order valence-corrected chi connectivity index (χ1v) is 6.82. The maximum absolute atomic E-state index is 11.0. The van der Waals surface area contributed by atoms with Gasteiger partial charge < -0.3 is 9.15 Å². The van der Waals surface area contributed by atoms with Crippen LogP contribution in [0.3, 0.4) is 0 Å². The maximum atomic E-state index is 11.0. The summed E-state index contributed by atoms with van der Waals surface area (Å²) in [5.41, 5.74) is 1.87. The summed E-state index contributed by atoms with van der Waals surface area (Å²) in [5, 5.41) is 0. The van der Waals surface area contributed by atoms with Gasteiger partial charge in [0.05, 0.1) is 11.5 Å². The molecule has 1 aromatic heterocycles. The van der Waals surface area contributed by atoms with Gasteiger partial charge in [0.15, 0.2) is 0 Å². The Morgan fingerprint density at radius 3 is 2.45 bits per heavy atom. The van der Waals surface area contributed by atoms with Gasteiger partial charge in [-0.1, -0.05) is 30.3 Å². The van der Waals surface area contributed by atoms with Gasteiger partial charge in [0, 0.05) is 5.56 Å². The second-order valence-electron chi connectivity index (χ2n) is 4.14. The Labute approximate surface area is 119 Å². The first-order valence-electron chi connectivity index (χ1n) is 6.05. The van der Waals surface area contributed by atoms with Crippen LogP contribution < -0.4 is 9.68 Å². The lowest BCUT2D eigenvalue weighted by Gasteiger charge is -2.06. The number of aromatic nitrogens is 1. The number of benzene rings is 2. The highest BCUT2D eigenvalue weighted by Crippen LogP contribution is 2.21. The van der Waals surface area contributed by atoms with Gasteiger partial charge in [0.25, 0.3) is 0 Å². The lowest BCUT2D eigenvalue weighted by atomic mass is 10.2. The molecule has 0 bridgehead atoms. The zero-order chi connectivity index (χ0) is 13.8. The van der Waals surface area contributed by atoms with Crippen molar-refractivity contribution < 1.29 is 9.15 Å². The van der Waals surface area contributed by atoms with Crippen LogP contribution >= 0.6 is 11.5 Å². The molecule has 0 spiro atoms. The second kappa shape index (κ2) is 5.71. The summed E-state index contributed by atoms with van der Waals surface area (Å²) in [6.45, 7) is 0.520. The minimum absolute atomic E-state index is 0.342. The Morgan fingerprint density at radius 2 is 1.80 bits per heavy atom. The van der Waals surface area contributed by atoms with E-state index in [9.17, 15) is 4.79 Å². The predicted octanol–water partition coefficient (Wildman–Crippen LogP) is 3.34. The fourth-order valence-corrected chi connectivity index (χ4v) is 2.16. The maximum Gasteiger partial charge on any atom is 0.414 e. The van der Waals surface area contributed by atoms with Gasteiger partial charge in [-0.25, -0.2) is 4.79 Å². The van der Waals surface area contributed by atoms with Gasteiger partial charge in [-0.15, -0.1) is 4.37 Å². The van der Waals surface area contributed by atoms with Crippen LogP contribution in [0.4, 0.5) is 0 Å². The summed E-state index contributed by atoms with van der Waals surface area (Å²) in [7, 11) is 0. The van der Waals surface area contributed by atoms with Crippen LogP contribution in [-0.4, -0.2) is 4.37 Å². The molecule has 0 amide bonds. The monoisotopic (exact) mass is 285 g/mol. The zero-order valence-corrected chi connectivity index (χ0v) is 11.3. The Bertz CT molecular complexity index is 732. The molecule has 0 radical (unpaired) electrons. The molecule has 0 saturated heterocycles. The number of hydrogen-bond donors (Lipinski definition) is 0. The third-order valence-electron chi connectivity index (χ3n) is 2.73. The number of ether oxygens (including phenoxy) is 1. The second-order valence-corrected chi connectivity index (χ2v) is 4.84. The van der Waals surface area contributed by atoms with Crippen LogP contribution in [0.2, 0.25) is 0 Å². The molecule has 0 fully saturated rings. The van der Waals surface area contributed by atoms with Gasteiger partial charge >= 0.3 is 4.94 Å². The Balaban J connectivity index is 1.69. The Morgan fingerprint density at radius 1 is 1.05 bits per heavy atom. The summed E-state index contributed by atoms with van der Waals surface area (Å²) in [5.74, 6) is 1.10. The summed E-state index contributed by atoms with van der Waals surface area (Å²) in [6, 6.07) is 17.3. The fraction of sp³-hybridized carbons (Fsp3) is 0.0667. The fourth-order valence-electron chi connectivity index (χ4n) is 1.74. The Hall–Kier alpha value is -2.40. The van der Waals surface area contributed by atoms with Gasteiger partial charge in [0.1, 0.15) is 12.4 Å². The van der Waals surface area contributed by atoms with E-state index in [0.29, 0.717) is 12.5 Å². The van der Waals surface area contributed by atoms with Crippen LogP contribution in [0.1, 0.15) is 5.56 Å². The third kappa shape index (κ3) is 2.95. The highest BCUT2D eigenvalue weighted by Gasteiger charge is 2.05. The molecule has 3 rings (SSSR count). The van der Waals surface area contributed by atoms with Crippen molar-refractivity contribution in [2.24, 2.45) is 0 Å². The summed E-state index contributed by atoms with van der Waals surface area (Å²) in [4.78, 5) is 10.6. The Kier molecular flexibility index (Phi) is 3.60. The summed E-state index contributed by atoms with van der Waals surface area (Å²) >= 11 is 0.808. The highest BCUT2D eigenvalue weighted by atomic mass is 32.1. The first kappa shape index (κ1) is 12.6. The molecule has 3 aromatic rings. The summed E-state index contributed by atoms with van der Waals surface area (Å²) in [6.07, 6.45) is 0. The van der Waals surface area contributed by atoms with E-state index in [-0.39, 0.29) is 0 Å². The molecule has 0 atom stereocenters. The van der Waals surface area contributed by atoms with Gasteiger partial charge in [-0.2, -0.15) is 0 Å². The average molecular weight is 285 g/mol. The molecular formula is C15H11NO3S. The normalized spacial score (nSPS) is 10.4. The molecule has 5 heteroatoms. The van der Waals surface area contributed by atoms with E-state index in [2.05, 4.69) is 4.37 Å². The molecule has 100 valence electrons. The third-order valence-corrected chi connectivity index (χ3v) is 3.22. The largest absolute Gasteiger partial charge is 0.489 e. The lowest BCUT2D eigenvalue weighted by Crippen LogP contribution is -1.94. The lowest BCUT2D eigenvalue weighted by molar-refractivity contribution is 0.306. The van der Waals surface area contributed by atoms with Crippen LogP contribution in [0.25, 0.3) is 11.5 Å². The molecular weight excluding hydrogens is 274 g/mol. The molecule has 0 saturated carbocycles. The predicted molar refractivity (Wildman–Crippen MR) is 76.9 cm³/mol. The van der Waals surface area contributed by atoms with Crippen molar-refractivity contribution in [3.05, 3.63) is 69.9 Å². The van der Waals surface area contributed by atoms with Gasteiger partial charge in [-0.3, -0.25) is 0 Å². The zero-order valence-electron chi connectivity index (χ0n) is 10.5. The van der Waals surface area contributed by atoms with E-state index in [1.165, 1.54) is 0 Å². The van der Waals surface area contributed by atoms with Crippen molar-refractivity contribution in [3.8, 4) is 17.2 Å². The molecule has 1 heterocycles. The first-order chi connectivity index (χ1) is 9.81. The van der Waals surface area contributed by atoms with Gasteiger partial charge in [0.2, 0.25) is 5.89 Å². The van der Waals surface area contributed by atoms with E-state index in [1.807, 2.05) is 54.6 Å². The molecule has 0 aliphatic carbocycles. The summed E-state index contributed by atoms with van der Waals surface area (Å²) < 4.78 is 14.6. The van der Waals surface area contributed by atoms with Crippen LogP contribution in [0.15, 0.2) is 63.8 Å². The SMILES string of the molecule is O=c1oc(-c2ccc(OCc3ccccc3)cc2)ns1. The van der Waals surface area contributed by atoms with E-state index >= 15 is 0 Å². The van der Waals surface area contributed by atoms with Crippen LogP contribution in [0.5, 0.6) is 5.75 Å². The molecule has 20 heavy (non-hydrogen) atoms. The molecule has 0 unspecified atom stereocenters. The number of hydrogen-bond acceptors (Lipinski definition) is 5. The average Bonchev–Trinajstić information content (AvgIpc) is 2.93. The minimum Gasteiger partial charge on any atom is -0.489 e. The van der Waals surface area contributed by atoms with Crippen molar-refractivity contribution in [1.82, 2.24) is 4.37 Å². The van der Waals surface area contributed by atoms with E-state index in [0.717, 1.165) is 28.4 Å². The van der Waals surface area contributed by atoms with E-state index in [4.69, 9.17) is 9.15 Å². The van der Waals surface area contributed by atoms with Crippen molar-refractivity contribution in [2.75, 3.05) is 0 Å². The number of nitrogens with zero attached hydrogens (tertiary/aromatic N) is 1. The highest BCUT2D eigenvalue weighted by molar-refractivity contribution is 7.02. The van der Waals surface area contributed by atoms with Gasteiger partial charge in [-0.05, 0) is 29.8 Å². The standard InChI is InChI=1S/C15H11NO3S/c17-15-19-14(16-20-15)12-6-8-13(9-7-12)18-10-11-4-2-1-3-5-11/h1-9H,10H2. The molecule has 4 nitrogen and oxygen atoms in total.